The fraction of sp³-hybridized carbons (Fsp3) is 0.214. The van der Waals surface area contributed by atoms with E-state index in [9.17, 15) is 0 Å². The van der Waals surface area contributed by atoms with Gasteiger partial charge in [-0.25, -0.2) is 15.0 Å². The van der Waals surface area contributed by atoms with Crippen LogP contribution in [0.15, 0.2) is 36.9 Å². The van der Waals surface area contributed by atoms with Crippen LogP contribution in [0.25, 0.3) is 11.2 Å². The summed E-state index contributed by atoms with van der Waals surface area (Å²) in [5, 5.41) is 3.31. The third-order valence-corrected chi connectivity index (χ3v) is 3.11. The van der Waals surface area contributed by atoms with Gasteiger partial charge >= 0.3 is 0 Å². The predicted octanol–water partition coefficient (Wildman–Crippen LogP) is 2.53. The Balaban J connectivity index is 1.76. The summed E-state index contributed by atoms with van der Waals surface area (Å²) in [5.41, 5.74) is 4.09. The van der Waals surface area contributed by atoms with Crippen LogP contribution < -0.4 is 5.32 Å². The van der Waals surface area contributed by atoms with E-state index in [4.69, 9.17) is 0 Å². The lowest BCUT2D eigenvalue weighted by Gasteiger charge is -2.06. The molecule has 0 saturated carbocycles. The van der Waals surface area contributed by atoms with Crippen molar-refractivity contribution < 1.29 is 0 Å². The van der Waals surface area contributed by atoms with Gasteiger partial charge in [0.25, 0.3) is 0 Å². The fourth-order valence-corrected chi connectivity index (χ4v) is 1.98. The second kappa shape index (κ2) is 5.06. The summed E-state index contributed by atoms with van der Waals surface area (Å²) in [6, 6.07) is 8.58. The highest BCUT2D eigenvalue weighted by Crippen LogP contribution is 2.15. The Morgan fingerprint density at radius 2 is 1.84 bits per heavy atom. The van der Waals surface area contributed by atoms with Crippen molar-refractivity contribution in [2.75, 3.05) is 5.32 Å². The average molecular weight is 253 g/mol. The van der Waals surface area contributed by atoms with E-state index in [2.05, 4.69) is 56.4 Å². The Morgan fingerprint density at radius 1 is 1.05 bits per heavy atom. The van der Waals surface area contributed by atoms with Gasteiger partial charge in [-0.3, -0.25) is 0 Å². The lowest BCUT2D eigenvalue weighted by atomic mass is 10.1. The number of aryl methyl sites for hydroxylation is 1. The first kappa shape index (κ1) is 11.6. The number of rotatable bonds is 4. The van der Waals surface area contributed by atoms with Crippen molar-refractivity contribution >= 4 is 17.0 Å². The largest absolute Gasteiger partial charge is 0.364 e. The highest BCUT2D eigenvalue weighted by molar-refractivity contribution is 5.81. The molecule has 2 aromatic heterocycles. The third-order valence-electron chi connectivity index (χ3n) is 3.11. The summed E-state index contributed by atoms with van der Waals surface area (Å²) < 4.78 is 0. The summed E-state index contributed by atoms with van der Waals surface area (Å²) in [6.45, 7) is 2.89. The van der Waals surface area contributed by atoms with Gasteiger partial charge in [0.15, 0.2) is 11.5 Å². The highest BCUT2D eigenvalue weighted by Gasteiger charge is 2.04. The van der Waals surface area contributed by atoms with Crippen molar-refractivity contribution in [1.82, 2.24) is 19.9 Å². The van der Waals surface area contributed by atoms with Crippen LogP contribution in [0, 0.1) is 0 Å². The van der Waals surface area contributed by atoms with Gasteiger partial charge in [-0.1, -0.05) is 31.2 Å². The second-order valence-corrected chi connectivity index (χ2v) is 4.35. The van der Waals surface area contributed by atoms with E-state index in [0.717, 1.165) is 24.3 Å². The molecule has 0 aliphatic heterocycles. The van der Waals surface area contributed by atoms with Crippen LogP contribution in [0.5, 0.6) is 0 Å². The number of H-pyrrole nitrogens is 1. The topological polar surface area (TPSA) is 66.5 Å². The van der Waals surface area contributed by atoms with E-state index in [-0.39, 0.29) is 0 Å². The van der Waals surface area contributed by atoms with E-state index >= 15 is 0 Å². The Hall–Kier alpha value is -2.43. The van der Waals surface area contributed by atoms with E-state index in [0.29, 0.717) is 5.65 Å². The van der Waals surface area contributed by atoms with Crippen LogP contribution in [0.3, 0.4) is 0 Å². The summed E-state index contributed by atoms with van der Waals surface area (Å²) in [6.07, 6.45) is 4.21. The van der Waals surface area contributed by atoms with Crippen LogP contribution in [0.1, 0.15) is 18.1 Å². The van der Waals surface area contributed by atoms with Crippen LogP contribution in [0.2, 0.25) is 0 Å². The molecule has 0 aliphatic carbocycles. The first-order valence-electron chi connectivity index (χ1n) is 6.32. The van der Waals surface area contributed by atoms with Gasteiger partial charge in [-0.2, -0.15) is 0 Å². The maximum absolute atomic E-state index is 4.23. The highest BCUT2D eigenvalue weighted by atomic mass is 15.1. The van der Waals surface area contributed by atoms with Crippen LogP contribution in [0.4, 0.5) is 5.82 Å². The van der Waals surface area contributed by atoms with Gasteiger partial charge in [-0.05, 0) is 17.5 Å². The molecular formula is C14H15N5. The molecule has 0 atom stereocenters. The number of aromatic amines is 1. The number of hydrogen-bond acceptors (Lipinski definition) is 4. The van der Waals surface area contributed by atoms with Crippen molar-refractivity contribution in [3.63, 3.8) is 0 Å². The first-order valence-corrected chi connectivity index (χ1v) is 6.32. The van der Waals surface area contributed by atoms with Crippen molar-refractivity contribution in [3.05, 3.63) is 48.0 Å². The molecule has 0 unspecified atom stereocenters. The molecule has 3 rings (SSSR count). The smallest absolute Gasteiger partial charge is 0.182 e. The molecule has 2 N–H and O–H groups in total. The molecule has 0 spiro atoms. The maximum Gasteiger partial charge on any atom is 0.182 e. The molecule has 0 aliphatic rings. The van der Waals surface area contributed by atoms with Gasteiger partial charge in [-0.15, -0.1) is 0 Å². The average Bonchev–Trinajstić information content (AvgIpc) is 2.94. The molecule has 0 bridgehead atoms. The van der Waals surface area contributed by atoms with E-state index in [1.54, 1.807) is 6.33 Å². The Morgan fingerprint density at radius 3 is 2.63 bits per heavy atom. The predicted molar refractivity (Wildman–Crippen MR) is 74.8 cm³/mol. The number of nitrogens with one attached hydrogen (secondary N) is 2. The van der Waals surface area contributed by atoms with Crippen LogP contribution in [-0.4, -0.2) is 19.9 Å². The molecule has 2 heterocycles. The van der Waals surface area contributed by atoms with Gasteiger partial charge in [0, 0.05) is 6.54 Å². The number of benzene rings is 1. The lowest BCUT2D eigenvalue weighted by Crippen LogP contribution is -2.02. The zero-order chi connectivity index (χ0) is 13.1. The van der Waals surface area contributed by atoms with Gasteiger partial charge in [0.1, 0.15) is 11.8 Å². The van der Waals surface area contributed by atoms with Crippen LogP contribution in [-0.2, 0) is 13.0 Å². The minimum absolute atomic E-state index is 0.679. The molecule has 5 nitrogen and oxygen atoms in total. The monoisotopic (exact) mass is 253 g/mol. The standard InChI is InChI=1S/C14H15N5/c1-2-10-3-5-11(6-4-10)7-15-13-12-14(17-8-16-12)19-9-18-13/h3-6,8-9H,2,7H2,1H3,(H2,15,16,17,18,19). The summed E-state index contributed by atoms with van der Waals surface area (Å²) in [5.74, 6) is 0.780. The lowest BCUT2D eigenvalue weighted by molar-refractivity contribution is 1.08. The Labute approximate surface area is 111 Å². The summed E-state index contributed by atoms with van der Waals surface area (Å²) in [4.78, 5) is 15.5. The van der Waals surface area contributed by atoms with E-state index < -0.39 is 0 Å². The van der Waals surface area contributed by atoms with Crippen molar-refractivity contribution in [3.8, 4) is 0 Å². The molecular weight excluding hydrogens is 238 g/mol. The number of fused-ring (bicyclic) bond motifs is 1. The SMILES string of the molecule is CCc1ccc(CNc2ncnc3nc[nH]c23)cc1. The van der Waals surface area contributed by atoms with E-state index in [1.807, 2.05) is 0 Å². The molecule has 0 fully saturated rings. The quantitative estimate of drug-likeness (QED) is 0.749. The molecule has 3 aromatic rings. The molecule has 5 heteroatoms. The van der Waals surface area contributed by atoms with Crippen molar-refractivity contribution in [2.24, 2.45) is 0 Å². The molecule has 0 radical (unpaired) electrons. The Kier molecular flexibility index (Phi) is 3.10. The number of imidazole rings is 1. The molecule has 1 aromatic carbocycles. The fourth-order valence-electron chi connectivity index (χ4n) is 1.98. The summed E-state index contributed by atoms with van der Waals surface area (Å²) >= 11 is 0. The third kappa shape index (κ3) is 2.40. The van der Waals surface area contributed by atoms with E-state index in [1.165, 1.54) is 17.5 Å². The summed E-state index contributed by atoms with van der Waals surface area (Å²) in [7, 11) is 0. The van der Waals surface area contributed by atoms with Gasteiger partial charge in [0.05, 0.1) is 6.33 Å². The number of nitrogens with zero attached hydrogens (tertiary/aromatic N) is 3. The van der Waals surface area contributed by atoms with Crippen molar-refractivity contribution in [2.45, 2.75) is 19.9 Å². The first-order chi connectivity index (χ1) is 9.36. The van der Waals surface area contributed by atoms with Crippen molar-refractivity contribution in [1.29, 1.82) is 0 Å². The zero-order valence-corrected chi connectivity index (χ0v) is 10.7. The number of hydrogen-bond donors (Lipinski definition) is 2. The molecule has 0 amide bonds. The Bertz CT molecular complexity index is 672. The molecule has 96 valence electrons. The molecule has 0 saturated heterocycles. The minimum Gasteiger partial charge on any atom is -0.364 e. The second-order valence-electron chi connectivity index (χ2n) is 4.35. The number of anilines is 1. The van der Waals surface area contributed by atoms with Gasteiger partial charge in [0.2, 0.25) is 0 Å². The molecule has 19 heavy (non-hydrogen) atoms. The number of aromatic nitrogens is 4. The minimum atomic E-state index is 0.679. The normalized spacial score (nSPS) is 10.8. The van der Waals surface area contributed by atoms with Crippen LogP contribution >= 0.6 is 0 Å². The van der Waals surface area contributed by atoms with Gasteiger partial charge < -0.3 is 10.3 Å². The maximum atomic E-state index is 4.23. The zero-order valence-electron chi connectivity index (χ0n) is 10.7.